The third kappa shape index (κ3) is 4.14. The number of likely N-dealkylation sites (tertiary alicyclic amines) is 1. The first-order chi connectivity index (χ1) is 11.8. The summed E-state index contributed by atoms with van der Waals surface area (Å²) in [5, 5.41) is 0. The van der Waals surface area contributed by atoms with Crippen molar-refractivity contribution in [3.05, 3.63) is 35.9 Å². The van der Waals surface area contributed by atoms with E-state index >= 15 is 0 Å². The van der Waals surface area contributed by atoms with Gasteiger partial charge in [0, 0.05) is 6.04 Å². The van der Waals surface area contributed by atoms with Gasteiger partial charge in [-0.25, -0.2) is 9.59 Å². The number of ether oxygens (including phenoxy) is 2. The summed E-state index contributed by atoms with van der Waals surface area (Å²) in [5.41, 5.74) is 0.365. The van der Waals surface area contributed by atoms with Crippen LogP contribution in [0.1, 0.15) is 52.0 Å². The Kier molecular flexibility index (Phi) is 5.02. The molecule has 3 atom stereocenters. The van der Waals surface area contributed by atoms with E-state index in [9.17, 15) is 9.59 Å². The first-order valence-corrected chi connectivity index (χ1v) is 9.07. The SMILES string of the molecule is CC(C)(C)OC(=O)N1[C@H](C(=O)OCc2ccccc2)CC2CCC[C@@H]21. The zero-order chi connectivity index (χ0) is 18.0. The summed E-state index contributed by atoms with van der Waals surface area (Å²) in [6, 6.07) is 9.16. The van der Waals surface area contributed by atoms with Crippen molar-refractivity contribution in [3.63, 3.8) is 0 Å². The lowest BCUT2D eigenvalue weighted by Gasteiger charge is -2.31. The van der Waals surface area contributed by atoms with Crippen LogP contribution in [0.15, 0.2) is 30.3 Å². The lowest BCUT2D eigenvalue weighted by molar-refractivity contribution is -0.150. The number of benzene rings is 1. The number of carbonyl (C=O) groups excluding carboxylic acids is 2. The van der Waals surface area contributed by atoms with Crippen LogP contribution in [-0.4, -0.2) is 34.6 Å². The Labute approximate surface area is 149 Å². The van der Waals surface area contributed by atoms with Gasteiger partial charge in [0.1, 0.15) is 18.2 Å². The van der Waals surface area contributed by atoms with Gasteiger partial charge in [0.05, 0.1) is 0 Å². The molecule has 1 aliphatic carbocycles. The molecule has 1 aromatic rings. The van der Waals surface area contributed by atoms with Gasteiger partial charge in [0.15, 0.2) is 0 Å². The summed E-state index contributed by atoms with van der Waals surface area (Å²) < 4.78 is 11.1. The van der Waals surface area contributed by atoms with E-state index in [0.717, 1.165) is 24.8 Å². The summed E-state index contributed by atoms with van der Waals surface area (Å²) in [6.07, 6.45) is 3.38. The molecule has 1 unspecified atom stereocenters. The second-order valence-corrected chi connectivity index (χ2v) is 7.99. The number of amides is 1. The van der Waals surface area contributed by atoms with Crippen LogP contribution >= 0.6 is 0 Å². The lowest BCUT2D eigenvalue weighted by Crippen LogP contribution is -2.47. The van der Waals surface area contributed by atoms with Crippen LogP contribution in [0.4, 0.5) is 4.79 Å². The second kappa shape index (κ2) is 7.06. The average Bonchev–Trinajstić information content (AvgIpc) is 3.12. The van der Waals surface area contributed by atoms with E-state index in [-0.39, 0.29) is 18.6 Å². The van der Waals surface area contributed by atoms with Gasteiger partial charge in [0.25, 0.3) is 0 Å². The Morgan fingerprint density at radius 1 is 1.16 bits per heavy atom. The molecule has 0 radical (unpaired) electrons. The van der Waals surface area contributed by atoms with Crippen LogP contribution in [0.25, 0.3) is 0 Å². The maximum atomic E-state index is 12.7. The minimum absolute atomic E-state index is 0.101. The number of hydrogen-bond acceptors (Lipinski definition) is 4. The van der Waals surface area contributed by atoms with Gasteiger partial charge in [-0.15, -0.1) is 0 Å². The minimum Gasteiger partial charge on any atom is -0.459 e. The fourth-order valence-electron chi connectivity index (χ4n) is 3.90. The first kappa shape index (κ1) is 17.8. The van der Waals surface area contributed by atoms with Crippen LogP contribution in [0.3, 0.4) is 0 Å². The molecule has 0 aromatic heterocycles. The van der Waals surface area contributed by atoms with Crippen molar-refractivity contribution in [1.82, 2.24) is 4.90 Å². The molecule has 0 spiro atoms. The summed E-state index contributed by atoms with van der Waals surface area (Å²) in [5.74, 6) is 0.0471. The molecule has 25 heavy (non-hydrogen) atoms. The molecule has 1 heterocycles. The molecule has 1 amide bonds. The van der Waals surface area contributed by atoms with Crippen LogP contribution < -0.4 is 0 Å². The molecule has 3 rings (SSSR count). The highest BCUT2D eigenvalue weighted by atomic mass is 16.6. The van der Waals surface area contributed by atoms with Gasteiger partial charge in [-0.3, -0.25) is 4.90 Å². The van der Waals surface area contributed by atoms with E-state index in [1.807, 2.05) is 51.1 Å². The Morgan fingerprint density at radius 2 is 1.88 bits per heavy atom. The molecule has 136 valence electrons. The fourth-order valence-corrected chi connectivity index (χ4v) is 3.90. The molecule has 1 aliphatic heterocycles. The molecule has 1 aromatic carbocycles. The average molecular weight is 345 g/mol. The number of fused-ring (bicyclic) bond motifs is 1. The van der Waals surface area contributed by atoms with Gasteiger partial charge < -0.3 is 9.47 Å². The molecule has 0 N–H and O–H groups in total. The topological polar surface area (TPSA) is 55.8 Å². The fraction of sp³-hybridized carbons (Fsp3) is 0.600. The van der Waals surface area contributed by atoms with E-state index in [1.165, 1.54) is 0 Å². The Balaban J connectivity index is 1.69. The molecule has 5 nitrogen and oxygen atoms in total. The standard InChI is InChI=1S/C20H27NO4/c1-20(2,3)25-19(23)21-16-11-7-10-15(16)12-17(21)18(22)24-13-14-8-5-4-6-9-14/h4-6,8-9,15-17H,7,10-13H2,1-3H3/t15?,16-,17-/m0/s1. The van der Waals surface area contributed by atoms with Crippen molar-refractivity contribution in [2.75, 3.05) is 0 Å². The minimum atomic E-state index is -0.577. The number of nitrogens with zero attached hydrogens (tertiary/aromatic N) is 1. The van der Waals surface area contributed by atoms with E-state index in [0.29, 0.717) is 12.3 Å². The quantitative estimate of drug-likeness (QED) is 0.780. The highest BCUT2D eigenvalue weighted by Crippen LogP contribution is 2.42. The highest BCUT2D eigenvalue weighted by molar-refractivity contribution is 5.82. The molecule has 2 aliphatic rings. The predicted molar refractivity (Wildman–Crippen MR) is 93.8 cm³/mol. The number of carbonyl (C=O) groups is 2. The molecule has 2 fully saturated rings. The molecule has 1 saturated heterocycles. The summed E-state index contributed by atoms with van der Waals surface area (Å²) >= 11 is 0. The van der Waals surface area contributed by atoms with Crippen molar-refractivity contribution < 1.29 is 19.1 Å². The van der Waals surface area contributed by atoms with Crippen molar-refractivity contribution >= 4 is 12.1 Å². The molecule has 0 bridgehead atoms. The third-order valence-corrected chi connectivity index (χ3v) is 4.94. The second-order valence-electron chi connectivity index (χ2n) is 7.99. The normalized spacial score (nSPS) is 25.6. The van der Waals surface area contributed by atoms with Crippen LogP contribution in [0.2, 0.25) is 0 Å². The Hall–Kier alpha value is -2.04. The highest BCUT2D eigenvalue weighted by Gasteiger charge is 2.50. The lowest BCUT2D eigenvalue weighted by atomic mass is 10.0. The van der Waals surface area contributed by atoms with E-state index in [2.05, 4.69) is 0 Å². The van der Waals surface area contributed by atoms with Gasteiger partial charge >= 0.3 is 12.1 Å². The molecule has 5 heteroatoms. The largest absolute Gasteiger partial charge is 0.459 e. The third-order valence-electron chi connectivity index (χ3n) is 4.94. The van der Waals surface area contributed by atoms with Gasteiger partial charge in [-0.05, 0) is 51.5 Å². The zero-order valence-electron chi connectivity index (χ0n) is 15.2. The zero-order valence-corrected chi connectivity index (χ0v) is 15.2. The number of hydrogen-bond donors (Lipinski definition) is 0. The Bertz CT molecular complexity index is 622. The van der Waals surface area contributed by atoms with Crippen molar-refractivity contribution in [2.45, 2.75) is 70.7 Å². The van der Waals surface area contributed by atoms with Crippen molar-refractivity contribution in [3.8, 4) is 0 Å². The van der Waals surface area contributed by atoms with E-state index < -0.39 is 17.7 Å². The van der Waals surface area contributed by atoms with Gasteiger partial charge in [0.2, 0.25) is 0 Å². The number of rotatable bonds is 3. The summed E-state index contributed by atoms with van der Waals surface area (Å²) in [6.45, 7) is 5.76. The number of esters is 1. The van der Waals surface area contributed by atoms with Gasteiger partial charge in [-0.1, -0.05) is 36.8 Å². The van der Waals surface area contributed by atoms with Crippen molar-refractivity contribution in [2.24, 2.45) is 5.92 Å². The van der Waals surface area contributed by atoms with Crippen LogP contribution in [0, 0.1) is 5.92 Å². The Morgan fingerprint density at radius 3 is 2.56 bits per heavy atom. The molecular formula is C20H27NO4. The summed E-state index contributed by atoms with van der Waals surface area (Å²) in [7, 11) is 0. The predicted octanol–water partition coefficient (Wildman–Crippen LogP) is 3.91. The van der Waals surface area contributed by atoms with Crippen LogP contribution in [-0.2, 0) is 20.9 Å². The van der Waals surface area contributed by atoms with E-state index in [4.69, 9.17) is 9.47 Å². The monoisotopic (exact) mass is 345 g/mol. The summed E-state index contributed by atoms with van der Waals surface area (Å²) in [4.78, 5) is 27.0. The van der Waals surface area contributed by atoms with Crippen LogP contribution in [0.5, 0.6) is 0 Å². The maximum absolute atomic E-state index is 12.7. The smallest absolute Gasteiger partial charge is 0.411 e. The molecule has 1 saturated carbocycles. The molecular weight excluding hydrogens is 318 g/mol. The van der Waals surface area contributed by atoms with Crippen molar-refractivity contribution in [1.29, 1.82) is 0 Å². The maximum Gasteiger partial charge on any atom is 0.411 e. The van der Waals surface area contributed by atoms with E-state index in [1.54, 1.807) is 4.90 Å². The first-order valence-electron chi connectivity index (χ1n) is 9.07. The van der Waals surface area contributed by atoms with Gasteiger partial charge in [-0.2, -0.15) is 0 Å².